The van der Waals surface area contributed by atoms with E-state index in [1.165, 1.54) is 6.07 Å². The quantitative estimate of drug-likeness (QED) is 0.873. The summed E-state index contributed by atoms with van der Waals surface area (Å²) in [6.45, 7) is 3.99. The summed E-state index contributed by atoms with van der Waals surface area (Å²) in [5.74, 6) is 0.555. The number of rotatable bonds is 4. The number of ether oxygens (including phenoxy) is 1. The van der Waals surface area contributed by atoms with Crippen LogP contribution in [0.2, 0.25) is 0 Å². The Labute approximate surface area is 133 Å². The van der Waals surface area contributed by atoms with Crippen molar-refractivity contribution in [3.8, 4) is 5.75 Å². The second kappa shape index (κ2) is 6.58. The molecule has 21 heavy (non-hydrogen) atoms. The highest BCUT2D eigenvalue weighted by atomic mass is 79.9. The molecular weight excluding hydrogens is 333 g/mol. The first-order valence-electron chi connectivity index (χ1n) is 6.75. The topological polar surface area (TPSA) is 21.3 Å². The standard InChI is InChI=1S/C17H19BrFNO/c1-10-5-6-12(19)8-13(10)17(20-3)14-9-15(18)11(2)7-16(14)21-4/h5-9,17,20H,1-4H3. The largest absolute Gasteiger partial charge is 0.496 e. The molecule has 0 aliphatic carbocycles. The van der Waals surface area contributed by atoms with Crippen LogP contribution in [0.15, 0.2) is 34.8 Å². The molecule has 2 aromatic rings. The number of benzene rings is 2. The summed E-state index contributed by atoms with van der Waals surface area (Å²) in [7, 11) is 3.51. The van der Waals surface area contributed by atoms with E-state index in [1.807, 2.05) is 33.0 Å². The van der Waals surface area contributed by atoms with Gasteiger partial charge in [0.15, 0.2) is 0 Å². The number of hydrogen-bond donors (Lipinski definition) is 1. The van der Waals surface area contributed by atoms with E-state index in [1.54, 1.807) is 19.2 Å². The third-order valence-corrected chi connectivity index (χ3v) is 4.52. The van der Waals surface area contributed by atoms with Gasteiger partial charge in [-0.1, -0.05) is 22.0 Å². The molecule has 0 radical (unpaired) electrons. The Hall–Kier alpha value is -1.39. The third-order valence-electron chi connectivity index (χ3n) is 3.66. The van der Waals surface area contributed by atoms with Gasteiger partial charge in [-0.05, 0) is 61.9 Å². The van der Waals surface area contributed by atoms with Crippen LogP contribution in [-0.4, -0.2) is 14.2 Å². The second-order valence-corrected chi connectivity index (χ2v) is 5.92. The molecule has 2 aromatic carbocycles. The lowest BCUT2D eigenvalue weighted by molar-refractivity contribution is 0.405. The van der Waals surface area contributed by atoms with Gasteiger partial charge in [0.25, 0.3) is 0 Å². The van der Waals surface area contributed by atoms with E-state index >= 15 is 0 Å². The second-order valence-electron chi connectivity index (χ2n) is 5.07. The number of methoxy groups -OCH3 is 1. The molecule has 1 N–H and O–H groups in total. The highest BCUT2D eigenvalue weighted by Crippen LogP contribution is 2.35. The van der Waals surface area contributed by atoms with E-state index in [9.17, 15) is 4.39 Å². The van der Waals surface area contributed by atoms with E-state index in [4.69, 9.17) is 4.74 Å². The Morgan fingerprint density at radius 3 is 2.43 bits per heavy atom. The molecule has 0 bridgehead atoms. The molecule has 0 fully saturated rings. The van der Waals surface area contributed by atoms with Gasteiger partial charge in [0, 0.05) is 10.0 Å². The van der Waals surface area contributed by atoms with E-state index in [0.717, 1.165) is 32.5 Å². The van der Waals surface area contributed by atoms with Crippen molar-refractivity contribution in [1.29, 1.82) is 0 Å². The van der Waals surface area contributed by atoms with Gasteiger partial charge >= 0.3 is 0 Å². The van der Waals surface area contributed by atoms with Crippen LogP contribution in [0, 0.1) is 19.7 Å². The lowest BCUT2D eigenvalue weighted by Crippen LogP contribution is -2.20. The average molecular weight is 352 g/mol. The molecule has 2 rings (SSSR count). The van der Waals surface area contributed by atoms with Gasteiger partial charge in [-0.3, -0.25) is 0 Å². The molecule has 0 heterocycles. The van der Waals surface area contributed by atoms with Gasteiger partial charge < -0.3 is 10.1 Å². The third kappa shape index (κ3) is 3.27. The van der Waals surface area contributed by atoms with Crippen molar-refractivity contribution in [2.45, 2.75) is 19.9 Å². The molecule has 1 atom stereocenters. The van der Waals surface area contributed by atoms with E-state index < -0.39 is 0 Å². The van der Waals surface area contributed by atoms with Crippen molar-refractivity contribution >= 4 is 15.9 Å². The smallest absolute Gasteiger partial charge is 0.124 e. The minimum absolute atomic E-state index is 0.132. The van der Waals surface area contributed by atoms with Gasteiger partial charge in [-0.25, -0.2) is 4.39 Å². The Morgan fingerprint density at radius 2 is 1.81 bits per heavy atom. The molecule has 0 saturated carbocycles. The molecule has 0 aliphatic rings. The summed E-state index contributed by atoms with van der Waals surface area (Å²) in [4.78, 5) is 0. The molecule has 0 aromatic heterocycles. The zero-order valence-corrected chi connectivity index (χ0v) is 14.2. The molecule has 0 aliphatic heterocycles. The maximum absolute atomic E-state index is 13.6. The van der Waals surface area contributed by atoms with Gasteiger partial charge in [0.05, 0.1) is 13.2 Å². The lowest BCUT2D eigenvalue weighted by Gasteiger charge is -2.22. The highest BCUT2D eigenvalue weighted by Gasteiger charge is 2.20. The molecule has 1 unspecified atom stereocenters. The maximum atomic E-state index is 13.6. The van der Waals surface area contributed by atoms with Gasteiger partial charge in [0.1, 0.15) is 11.6 Å². The van der Waals surface area contributed by atoms with E-state index in [0.29, 0.717) is 0 Å². The van der Waals surface area contributed by atoms with Crippen LogP contribution in [0.5, 0.6) is 5.75 Å². The monoisotopic (exact) mass is 351 g/mol. The van der Waals surface area contributed by atoms with Crippen molar-refractivity contribution in [1.82, 2.24) is 5.32 Å². The van der Waals surface area contributed by atoms with E-state index in [2.05, 4.69) is 21.2 Å². The SMILES string of the molecule is CNC(c1cc(F)ccc1C)c1cc(Br)c(C)cc1OC. The van der Waals surface area contributed by atoms with Crippen LogP contribution in [0.4, 0.5) is 4.39 Å². The summed E-state index contributed by atoms with van der Waals surface area (Å²) in [5.41, 5.74) is 4.02. The zero-order chi connectivity index (χ0) is 15.6. The van der Waals surface area contributed by atoms with Crippen LogP contribution >= 0.6 is 15.9 Å². The summed E-state index contributed by atoms with van der Waals surface area (Å²) >= 11 is 3.56. The fourth-order valence-electron chi connectivity index (χ4n) is 2.47. The minimum atomic E-state index is -0.235. The summed E-state index contributed by atoms with van der Waals surface area (Å²) < 4.78 is 20.1. The first kappa shape index (κ1) is 16.0. The van der Waals surface area contributed by atoms with Crippen molar-refractivity contribution < 1.29 is 9.13 Å². The first-order valence-corrected chi connectivity index (χ1v) is 7.54. The van der Waals surface area contributed by atoms with Crippen molar-refractivity contribution in [2.75, 3.05) is 14.2 Å². The van der Waals surface area contributed by atoms with Crippen LogP contribution in [-0.2, 0) is 0 Å². The fourth-order valence-corrected chi connectivity index (χ4v) is 2.83. The lowest BCUT2D eigenvalue weighted by atomic mass is 9.93. The normalized spacial score (nSPS) is 12.3. The minimum Gasteiger partial charge on any atom is -0.496 e. The molecule has 2 nitrogen and oxygen atoms in total. The molecule has 112 valence electrons. The predicted octanol–water partition coefficient (Wildman–Crippen LogP) is 4.52. The molecular formula is C17H19BrFNO. The van der Waals surface area contributed by atoms with Gasteiger partial charge in [-0.2, -0.15) is 0 Å². The Bertz CT molecular complexity index is 657. The maximum Gasteiger partial charge on any atom is 0.124 e. The van der Waals surface area contributed by atoms with Gasteiger partial charge in [-0.15, -0.1) is 0 Å². The number of aryl methyl sites for hydroxylation is 2. The number of halogens is 2. The molecule has 4 heteroatoms. The summed E-state index contributed by atoms with van der Waals surface area (Å²) in [6, 6.07) is 8.73. The zero-order valence-electron chi connectivity index (χ0n) is 12.6. The van der Waals surface area contributed by atoms with Crippen molar-refractivity contribution in [3.63, 3.8) is 0 Å². The van der Waals surface area contributed by atoms with Crippen molar-refractivity contribution in [3.05, 3.63) is 62.9 Å². The van der Waals surface area contributed by atoms with Crippen molar-refractivity contribution in [2.24, 2.45) is 0 Å². The molecule has 0 saturated heterocycles. The average Bonchev–Trinajstić information content (AvgIpc) is 2.46. The first-order chi connectivity index (χ1) is 9.97. The highest BCUT2D eigenvalue weighted by molar-refractivity contribution is 9.10. The Balaban J connectivity index is 2.61. The van der Waals surface area contributed by atoms with Crippen LogP contribution in [0.1, 0.15) is 28.3 Å². The van der Waals surface area contributed by atoms with Crippen LogP contribution < -0.4 is 10.1 Å². The number of hydrogen-bond acceptors (Lipinski definition) is 2. The fraction of sp³-hybridized carbons (Fsp3) is 0.294. The Morgan fingerprint density at radius 1 is 1.10 bits per heavy atom. The summed E-state index contributed by atoms with van der Waals surface area (Å²) in [6.07, 6.45) is 0. The van der Waals surface area contributed by atoms with Gasteiger partial charge in [0.2, 0.25) is 0 Å². The Kier molecular flexibility index (Phi) is 5.01. The predicted molar refractivity (Wildman–Crippen MR) is 87.5 cm³/mol. The molecule has 0 amide bonds. The number of nitrogens with one attached hydrogen (secondary N) is 1. The van der Waals surface area contributed by atoms with Crippen LogP contribution in [0.25, 0.3) is 0 Å². The van der Waals surface area contributed by atoms with Crippen LogP contribution in [0.3, 0.4) is 0 Å². The van der Waals surface area contributed by atoms with E-state index in [-0.39, 0.29) is 11.9 Å². The summed E-state index contributed by atoms with van der Waals surface area (Å²) in [5, 5.41) is 3.26. The molecule has 0 spiro atoms.